The maximum atomic E-state index is 10.2. The van der Waals surface area contributed by atoms with E-state index in [4.69, 9.17) is 22.9 Å². The molecule has 0 aliphatic carbocycles. The highest BCUT2D eigenvalue weighted by Crippen LogP contribution is 1.99. The number of carbonyl (C=O) groups excluding carboxylic acids is 2. The van der Waals surface area contributed by atoms with Gasteiger partial charge in [-0.3, -0.25) is 9.59 Å². The summed E-state index contributed by atoms with van der Waals surface area (Å²) in [6.45, 7) is 4.02. The van der Waals surface area contributed by atoms with Gasteiger partial charge in [0.25, 0.3) is 0 Å². The molecule has 0 aromatic carbocycles. The van der Waals surface area contributed by atoms with Crippen molar-refractivity contribution < 1.29 is 9.59 Å². The largest absolute Gasteiger partial charge is 0.370 e. The fourth-order valence-electron chi connectivity index (χ4n) is 2.22. The summed E-state index contributed by atoms with van der Waals surface area (Å²) in [6.07, 6.45) is 12.1. The lowest BCUT2D eigenvalue weighted by molar-refractivity contribution is -0.119. The van der Waals surface area contributed by atoms with Crippen LogP contribution in [0.2, 0.25) is 0 Å². The molecule has 0 rings (SSSR count). The van der Waals surface area contributed by atoms with Gasteiger partial charge in [0.2, 0.25) is 11.8 Å². The molecule has 7 nitrogen and oxygen atoms in total. The van der Waals surface area contributed by atoms with Crippen LogP contribution in [0.4, 0.5) is 0 Å². The van der Waals surface area contributed by atoms with E-state index >= 15 is 0 Å². The summed E-state index contributed by atoms with van der Waals surface area (Å²) in [6, 6.07) is 0. The number of carbonyl (C=O) groups is 2. The van der Waals surface area contributed by atoms with Crippen molar-refractivity contribution in [2.75, 3.05) is 26.2 Å². The number of amides is 2. The van der Waals surface area contributed by atoms with Crippen LogP contribution in [0.3, 0.4) is 0 Å². The predicted molar refractivity (Wildman–Crippen MR) is 105 cm³/mol. The fraction of sp³-hybridized carbons (Fsp3) is 0.889. The van der Waals surface area contributed by atoms with E-state index in [9.17, 15) is 9.59 Å². The molecule has 0 aromatic heterocycles. The average molecular weight is 360 g/mol. The Kier molecular flexibility index (Phi) is 23.8. The van der Waals surface area contributed by atoms with Crippen LogP contribution in [0.15, 0.2) is 0 Å². The van der Waals surface area contributed by atoms with E-state index in [1.807, 2.05) is 0 Å². The van der Waals surface area contributed by atoms with Crippen molar-refractivity contribution in [2.24, 2.45) is 22.9 Å². The molecule has 9 N–H and O–H groups in total. The third kappa shape index (κ3) is 31.2. The van der Waals surface area contributed by atoms with Crippen LogP contribution in [0.5, 0.6) is 0 Å². The smallest absolute Gasteiger partial charge is 0.217 e. The maximum absolute atomic E-state index is 10.2. The summed E-state index contributed by atoms with van der Waals surface area (Å²) in [5.74, 6) is -0.658. The van der Waals surface area contributed by atoms with Gasteiger partial charge in [-0.2, -0.15) is 0 Å². The van der Waals surface area contributed by atoms with Crippen LogP contribution < -0.4 is 28.3 Å². The Morgan fingerprint density at radius 1 is 0.560 bits per heavy atom. The topological polar surface area (TPSA) is 150 Å². The molecule has 0 radical (unpaired) electrons. The number of hydrogen-bond acceptors (Lipinski definition) is 5. The molecule has 0 unspecified atom stereocenters. The first-order valence-electron chi connectivity index (χ1n) is 9.72. The van der Waals surface area contributed by atoms with Gasteiger partial charge < -0.3 is 28.3 Å². The van der Waals surface area contributed by atoms with E-state index in [0.717, 1.165) is 13.1 Å². The summed E-state index contributed by atoms with van der Waals surface area (Å²) in [7, 11) is 0. The first-order valence-corrected chi connectivity index (χ1v) is 9.72. The molecule has 25 heavy (non-hydrogen) atoms. The molecule has 0 atom stereocenters. The Balaban J connectivity index is 0. The first-order chi connectivity index (χ1) is 12.0. The van der Waals surface area contributed by atoms with Gasteiger partial charge in [0, 0.05) is 12.8 Å². The highest BCUT2D eigenvalue weighted by Gasteiger charge is 1.96. The zero-order valence-corrected chi connectivity index (χ0v) is 15.9. The van der Waals surface area contributed by atoms with Gasteiger partial charge in [0.1, 0.15) is 0 Å². The molecule has 0 heterocycles. The van der Waals surface area contributed by atoms with Gasteiger partial charge in [-0.25, -0.2) is 0 Å². The van der Waals surface area contributed by atoms with Crippen LogP contribution in [-0.4, -0.2) is 38.0 Å². The van der Waals surface area contributed by atoms with Gasteiger partial charge >= 0.3 is 0 Å². The quantitative estimate of drug-likeness (QED) is 0.247. The molecule has 0 spiro atoms. The number of unbranched alkanes of at least 4 members (excludes halogenated alkanes) is 7. The molecule has 0 aliphatic heterocycles. The summed E-state index contributed by atoms with van der Waals surface area (Å²) < 4.78 is 0. The summed E-state index contributed by atoms with van der Waals surface area (Å²) >= 11 is 0. The monoisotopic (exact) mass is 359 g/mol. The lowest BCUT2D eigenvalue weighted by atomic mass is 10.2. The van der Waals surface area contributed by atoms with Crippen LogP contribution in [-0.2, 0) is 9.59 Å². The SMILES string of the molecule is NC(=O)CCCCC(N)=O.NCCCCCCNCCCCCCN. The van der Waals surface area contributed by atoms with Crippen molar-refractivity contribution in [3.63, 3.8) is 0 Å². The fourth-order valence-corrected chi connectivity index (χ4v) is 2.22. The van der Waals surface area contributed by atoms with Crippen LogP contribution in [0, 0.1) is 0 Å². The molecule has 0 saturated heterocycles. The highest BCUT2D eigenvalue weighted by molar-refractivity contribution is 5.74. The Labute approximate surface area is 153 Å². The maximum Gasteiger partial charge on any atom is 0.217 e. The molecule has 7 heteroatoms. The van der Waals surface area contributed by atoms with E-state index < -0.39 is 0 Å². The standard InChI is InChI=1S/C12H29N3.C6H12N2O2/c13-9-5-1-3-7-11-15-12-8-4-2-6-10-14;7-5(9)3-1-2-4-6(8)10/h15H,1-14H2;1-4H2,(H2,7,9)(H2,8,10). The third-order valence-electron chi connectivity index (χ3n) is 3.71. The number of primary amides is 2. The van der Waals surface area contributed by atoms with Crippen molar-refractivity contribution in [3.8, 4) is 0 Å². The Hall–Kier alpha value is -1.18. The van der Waals surface area contributed by atoms with E-state index in [-0.39, 0.29) is 11.8 Å². The summed E-state index contributed by atoms with van der Waals surface area (Å²) in [4.78, 5) is 20.3. The zero-order valence-electron chi connectivity index (χ0n) is 15.9. The molecular weight excluding hydrogens is 318 g/mol. The van der Waals surface area contributed by atoms with Gasteiger partial charge in [-0.05, 0) is 64.7 Å². The minimum absolute atomic E-state index is 0.329. The molecule has 0 aliphatic rings. The highest BCUT2D eigenvalue weighted by atomic mass is 16.1. The Morgan fingerprint density at radius 2 is 0.920 bits per heavy atom. The van der Waals surface area contributed by atoms with Crippen LogP contribution in [0.1, 0.15) is 77.0 Å². The van der Waals surface area contributed by atoms with E-state index in [1.54, 1.807) is 0 Å². The zero-order chi connectivity index (χ0) is 19.2. The molecule has 0 saturated carbocycles. The normalized spacial score (nSPS) is 10.2. The van der Waals surface area contributed by atoms with E-state index in [1.165, 1.54) is 64.5 Å². The molecule has 0 aromatic rings. The minimum atomic E-state index is -0.329. The molecule has 2 amide bonds. The van der Waals surface area contributed by atoms with Gasteiger partial charge in [0.05, 0.1) is 0 Å². The van der Waals surface area contributed by atoms with Gasteiger partial charge in [0.15, 0.2) is 0 Å². The van der Waals surface area contributed by atoms with Crippen molar-refractivity contribution in [1.29, 1.82) is 0 Å². The molecule has 150 valence electrons. The Morgan fingerprint density at radius 3 is 1.24 bits per heavy atom. The Bertz CT molecular complexity index is 273. The van der Waals surface area contributed by atoms with Crippen molar-refractivity contribution in [2.45, 2.75) is 77.0 Å². The van der Waals surface area contributed by atoms with E-state index in [2.05, 4.69) is 5.32 Å². The lowest BCUT2D eigenvalue weighted by Crippen LogP contribution is -2.16. The number of nitrogens with two attached hydrogens (primary N) is 4. The number of nitrogens with one attached hydrogen (secondary N) is 1. The van der Waals surface area contributed by atoms with Crippen molar-refractivity contribution >= 4 is 11.8 Å². The summed E-state index contributed by atoms with van der Waals surface area (Å²) in [5, 5.41) is 3.48. The third-order valence-corrected chi connectivity index (χ3v) is 3.71. The van der Waals surface area contributed by atoms with Crippen LogP contribution in [0.25, 0.3) is 0 Å². The molecule has 0 fully saturated rings. The number of hydrogen-bond donors (Lipinski definition) is 5. The van der Waals surface area contributed by atoms with Crippen molar-refractivity contribution in [3.05, 3.63) is 0 Å². The summed E-state index contributed by atoms with van der Waals surface area (Å²) in [5.41, 5.74) is 20.6. The second-order valence-corrected chi connectivity index (χ2v) is 6.30. The van der Waals surface area contributed by atoms with E-state index in [0.29, 0.717) is 25.7 Å². The lowest BCUT2D eigenvalue weighted by Gasteiger charge is -2.04. The van der Waals surface area contributed by atoms with Crippen molar-refractivity contribution in [1.82, 2.24) is 5.32 Å². The van der Waals surface area contributed by atoms with Gasteiger partial charge in [-0.15, -0.1) is 0 Å². The number of rotatable bonds is 17. The predicted octanol–water partition coefficient (Wildman–Crippen LogP) is 1.13. The second-order valence-electron chi connectivity index (χ2n) is 6.30. The average Bonchev–Trinajstić information content (AvgIpc) is 2.57. The second kappa shape index (κ2) is 22.8. The minimum Gasteiger partial charge on any atom is -0.370 e. The van der Waals surface area contributed by atoms with Gasteiger partial charge in [-0.1, -0.05) is 25.7 Å². The molecular formula is C18H41N5O2. The molecule has 0 bridgehead atoms. The van der Waals surface area contributed by atoms with Crippen LogP contribution >= 0.6 is 0 Å². The first kappa shape index (κ1) is 26.1.